The van der Waals surface area contributed by atoms with Crippen LogP contribution < -0.4 is 4.90 Å². The highest BCUT2D eigenvalue weighted by atomic mass is 127. The molecule has 5 nitrogen and oxygen atoms in total. The molecule has 0 spiro atoms. The van der Waals surface area contributed by atoms with Crippen molar-refractivity contribution >= 4 is 33.9 Å². The van der Waals surface area contributed by atoms with Crippen LogP contribution in [0.25, 0.3) is 16.8 Å². The van der Waals surface area contributed by atoms with Crippen molar-refractivity contribution in [2.24, 2.45) is 0 Å². The van der Waals surface area contributed by atoms with E-state index in [1.165, 1.54) is 11.3 Å². The lowest BCUT2D eigenvalue weighted by atomic mass is 10.1. The van der Waals surface area contributed by atoms with E-state index in [9.17, 15) is 0 Å². The maximum atomic E-state index is 4.51. The van der Waals surface area contributed by atoms with Gasteiger partial charge in [-0.3, -0.25) is 0 Å². The molecule has 1 aliphatic heterocycles. The van der Waals surface area contributed by atoms with E-state index >= 15 is 0 Å². The van der Waals surface area contributed by atoms with Gasteiger partial charge in [0.1, 0.15) is 0 Å². The molecule has 1 aliphatic rings. The summed E-state index contributed by atoms with van der Waals surface area (Å²) in [4.78, 5) is 9.33. The second-order valence-corrected chi connectivity index (χ2v) is 7.10. The molecule has 0 aliphatic carbocycles. The van der Waals surface area contributed by atoms with Crippen molar-refractivity contribution in [1.82, 2.24) is 19.5 Å². The Morgan fingerprint density at radius 2 is 1.70 bits per heavy atom. The Balaban J connectivity index is 1.59. The predicted octanol–water partition coefficient (Wildman–Crippen LogP) is 2.75. The molecular weight excluding hydrogens is 401 g/mol. The molecule has 0 radical (unpaired) electrons. The maximum absolute atomic E-state index is 4.51. The van der Waals surface area contributed by atoms with Crippen molar-refractivity contribution in [3.8, 4) is 11.1 Å². The molecule has 23 heavy (non-hydrogen) atoms. The molecule has 3 heterocycles. The number of fused-ring (bicyclic) bond motifs is 1. The van der Waals surface area contributed by atoms with E-state index < -0.39 is 0 Å². The number of rotatable bonds is 2. The van der Waals surface area contributed by atoms with E-state index in [1.807, 2.05) is 23.1 Å². The fourth-order valence-electron chi connectivity index (χ4n) is 2.92. The van der Waals surface area contributed by atoms with Crippen LogP contribution in [-0.2, 0) is 0 Å². The van der Waals surface area contributed by atoms with Crippen LogP contribution in [0.5, 0.6) is 0 Å². The van der Waals surface area contributed by atoms with Gasteiger partial charge in [-0.05, 0) is 47.3 Å². The molecule has 0 atom stereocenters. The molecule has 0 amide bonds. The van der Waals surface area contributed by atoms with Crippen molar-refractivity contribution in [3.05, 3.63) is 46.4 Å². The summed E-state index contributed by atoms with van der Waals surface area (Å²) in [5.41, 5.74) is 4.46. The van der Waals surface area contributed by atoms with Crippen molar-refractivity contribution in [2.45, 2.75) is 0 Å². The second-order valence-electron chi connectivity index (χ2n) is 5.94. The molecule has 0 saturated carbocycles. The Labute approximate surface area is 149 Å². The predicted molar refractivity (Wildman–Crippen MR) is 101 cm³/mol. The van der Waals surface area contributed by atoms with E-state index in [0.717, 1.165) is 41.0 Å². The lowest BCUT2D eigenvalue weighted by Crippen LogP contribution is -2.44. The van der Waals surface area contributed by atoms with Gasteiger partial charge in [-0.1, -0.05) is 12.1 Å². The lowest BCUT2D eigenvalue weighted by Gasteiger charge is -2.34. The quantitative estimate of drug-likeness (QED) is 0.599. The summed E-state index contributed by atoms with van der Waals surface area (Å²) >= 11 is 2.26. The molecule has 0 unspecified atom stereocenters. The van der Waals surface area contributed by atoms with Gasteiger partial charge in [-0.15, -0.1) is 0 Å². The van der Waals surface area contributed by atoms with Gasteiger partial charge >= 0.3 is 0 Å². The first-order valence-electron chi connectivity index (χ1n) is 7.73. The van der Waals surface area contributed by atoms with E-state index in [0.29, 0.717) is 0 Å². The van der Waals surface area contributed by atoms with Crippen LogP contribution in [0.1, 0.15) is 0 Å². The third kappa shape index (κ3) is 2.92. The molecule has 0 bridgehead atoms. The highest BCUT2D eigenvalue weighted by molar-refractivity contribution is 14.1. The van der Waals surface area contributed by atoms with Crippen LogP contribution in [0.3, 0.4) is 0 Å². The van der Waals surface area contributed by atoms with Crippen LogP contribution in [-0.4, -0.2) is 52.7 Å². The molecule has 1 aromatic carbocycles. The van der Waals surface area contributed by atoms with E-state index in [2.05, 4.69) is 73.8 Å². The number of hydrogen-bond acceptors (Lipinski definition) is 4. The zero-order valence-electron chi connectivity index (χ0n) is 13.0. The highest BCUT2D eigenvalue weighted by Gasteiger charge is 2.14. The van der Waals surface area contributed by atoms with Crippen LogP contribution in [0.15, 0.2) is 42.9 Å². The van der Waals surface area contributed by atoms with Crippen molar-refractivity contribution in [2.75, 3.05) is 38.1 Å². The molecular formula is C17H18IN5. The van der Waals surface area contributed by atoms with Crippen LogP contribution in [0, 0.1) is 3.57 Å². The normalized spacial score (nSPS) is 16.2. The largest absolute Gasteiger partial charge is 0.369 e. The molecule has 4 rings (SSSR count). The zero-order valence-corrected chi connectivity index (χ0v) is 15.1. The Kier molecular flexibility index (Phi) is 3.94. The maximum Gasteiger partial charge on any atom is 0.168 e. The van der Waals surface area contributed by atoms with Gasteiger partial charge in [0.2, 0.25) is 0 Å². The van der Waals surface area contributed by atoms with Gasteiger partial charge in [-0.2, -0.15) is 5.10 Å². The number of benzene rings is 1. The number of aromatic nitrogens is 3. The number of halogens is 1. The third-order valence-corrected chi connectivity index (χ3v) is 5.14. The summed E-state index contributed by atoms with van der Waals surface area (Å²) in [6.45, 7) is 4.44. The minimum Gasteiger partial charge on any atom is -0.369 e. The fourth-order valence-corrected chi connectivity index (χ4v) is 3.44. The second kappa shape index (κ2) is 6.09. The van der Waals surface area contributed by atoms with Crippen molar-refractivity contribution < 1.29 is 0 Å². The van der Waals surface area contributed by atoms with E-state index in [4.69, 9.17) is 0 Å². The average molecular weight is 419 g/mol. The Hall–Kier alpha value is -1.67. The topological polar surface area (TPSA) is 36.7 Å². The van der Waals surface area contributed by atoms with E-state index in [1.54, 1.807) is 0 Å². The number of anilines is 1. The van der Waals surface area contributed by atoms with E-state index in [-0.39, 0.29) is 0 Å². The number of likely N-dealkylation sites (N-methyl/N-ethyl adjacent to an activating group) is 1. The average Bonchev–Trinajstić information content (AvgIpc) is 2.96. The van der Waals surface area contributed by atoms with Crippen molar-refractivity contribution in [1.29, 1.82) is 0 Å². The fraction of sp³-hybridized carbons (Fsp3) is 0.294. The Morgan fingerprint density at radius 1 is 0.957 bits per heavy atom. The van der Waals surface area contributed by atoms with Crippen LogP contribution >= 0.6 is 22.6 Å². The Morgan fingerprint density at radius 3 is 2.43 bits per heavy atom. The molecule has 1 fully saturated rings. The minimum absolute atomic E-state index is 0.906. The van der Waals surface area contributed by atoms with Gasteiger partial charge in [-0.25, -0.2) is 9.50 Å². The molecule has 2 aromatic heterocycles. The first-order chi connectivity index (χ1) is 11.2. The monoisotopic (exact) mass is 419 g/mol. The molecule has 1 saturated heterocycles. The van der Waals surface area contributed by atoms with Gasteiger partial charge in [0, 0.05) is 49.8 Å². The minimum atomic E-state index is 0.906. The summed E-state index contributed by atoms with van der Waals surface area (Å²) in [6, 6.07) is 8.76. The summed E-state index contributed by atoms with van der Waals surface area (Å²) < 4.78 is 2.91. The SMILES string of the molecule is CN1CCN(c2ccc(-c3cnc4c(I)cnn4c3)cc2)CC1. The first-order valence-corrected chi connectivity index (χ1v) is 8.81. The van der Waals surface area contributed by atoms with Crippen LogP contribution in [0.4, 0.5) is 5.69 Å². The lowest BCUT2D eigenvalue weighted by molar-refractivity contribution is 0.313. The Bertz CT molecular complexity index is 819. The first kappa shape index (κ1) is 14.9. The van der Waals surface area contributed by atoms with Crippen molar-refractivity contribution in [3.63, 3.8) is 0 Å². The number of nitrogens with zero attached hydrogens (tertiary/aromatic N) is 5. The highest BCUT2D eigenvalue weighted by Crippen LogP contribution is 2.24. The number of piperazine rings is 1. The van der Waals surface area contributed by atoms with Crippen LogP contribution in [0.2, 0.25) is 0 Å². The zero-order chi connectivity index (χ0) is 15.8. The molecule has 3 aromatic rings. The smallest absolute Gasteiger partial charge is 0.168 e. The van der Waals surface area contributed by atoms with Gasteiger partial charge in [0.25, 0.3) is 0 Å². The summed E-state index contributed by atoms with van der Waals surface area (Å²) in [5, 5.41) is 4.34. The van der Waals surface area contributed by atoms with Gasteiger partial charge < -0.3 is 9.80 Å². The summed E-state index contributed by atoms with van der Waals surface area (Å²) in [6.07, 6.45) is 5.79. The molecule has 0 N–H and O–H groups in total. The molecule has 118 valence electrons. The summed E-state index contributed by atoms with van der Waals surface area (Å²) in [7, 11) is 2.18. The summed E-state index contributed by atoms with van der Waals surface area (Å²) in [5.74, 6) is 0. The third-order valence-electron chi connectivity index (χ3n) is 4.38. The van der Waals surface area contributed by atoms with Gasteiger partial charge in [0.15, 0.2) is 5.65 Å². The standard InChI is InChI=1S/C17H18IN5/c1-21-6-8-22(9-7-21)15-4-2-13(3-5-15)14-10-19-17-16(18)11-20-23(17)12-14/h2-5,10-12H,6-9H2,1H3. The number of hydrogen-bond donors (Lipinski definition) is 0. The molecule has 6 heteroatoms. The van der Waals surface area contributed by atoms with Gasteiger partial charge in [0.05, 0.1) is 9.77 Å².